The Bertz CT molecular complexity index is 678. The Morgan fingerprint density at radius 2 is 1.92 bits per heavy atom. The lowest BCUT2D eigenvalue weighted by Crippen LogP contribution is -2.27. The fourth-order valence-electron chi connectivity index (χ4n) is 3.35. The Morgan fingerprint density at radius 1 is 1.15 bits per heavy atom. The van der Waals surface area contributed by atoms with Gasteiger partial charge in [-0.15, -0.1) is 0 Å². The smallest absolute Gasteiger partial charge is 0.123 e. The topological polar surface area (TPSA) is 54.8 Å². The molecule has 2 heterocycles. The van der Waals surface area contributed by atoms with Gasteiger partial charge in [0.05, 0.1) is 12.2 Å². The molecule has 0 unspecified atom stereocenters. The van der Waals surface area contributed by atoms with Gasteiger partial charge in [-0.25, -0.2) is 0 Å². The van der Waals surface area contributed by atoms with Crippen LogP contribution in [0.15, 0.2) is 48.8 Å². The zero-order valence-corrected chi connectivity index (χ0v) is 15.5. The molecular weight excluding hydrogens is 328 g/mol. The van der Waals surface area contributed by atoms with Gasteiger partial charge in [-0.2, -0.15) is 0 Å². The number of aliphatic hydroxyl groups excluding tert-OH is 1. The lowest BCUT2D eigenvalue weighted by atomic mass is 9.97. The highest BCUT2D eigenvalue weighted by Gasteiger charge is 2.30. The van der Waals surface area contributed by atoms with Crippen LogP contribution in [0.1, 0.15) is 19.4 Å². The van der Waals surface area contributed by atoms with Gasteiger partial charge in [-0.1, -0.05) is 6.07 Å². The van der Waals surface area contributed by atoms with E-state index in [1.807, 2.05) is 50.2 Å². The van der Waals surface area contributed by atoms with Crippen LogP contribution in [-0.2, 0) is 6.42 Å². The first-order valence-electron chi connectivity index (χ1n) is 9.29. The molecule has 0 aliphatic carbocycles. The van der Waals surface area contributed by atoms with E-state index in [2.05, 4.69) is 9.88 Å². The van der Waals surface area contributed by atoms with Gasteiger partial charge >= 0.3 is 0 Å². The van der Waals surface area contributed by atoms with Gasteiger partial charge in [0.2, 0.25) is 0 Å². The molecule has 26 heavy (non-hydrogen) atoms. The Morgan fingerprint density at radius 3 is 2.69 bits per heavy atom. The highest BCUT2D eigenvalue weighted by Crippen LogP contribution is 2.22. The molecule has 1 N–H and O–H groups in total. The number of benzene rings is 1. The van der Waals surface area contributed by atoms with Gasteiger partial charge in [-0.05, 0) is 50.1 Å². The van der Waals surface area contributed by atoms with Crippen molar-refractivity contribution in [1.82, 2.24) is 9.88 Å². The zero-order valence-electron chi connectivity index (χ0n) is 15.5. The SMILES string of the molecule is CC(C)Oc1cccc(OCCN2C[C@@H](Cc3ccncc3)[C@H](O)C2)c1. The number of hydrogen-bond donors (Lipinski definition) is 1. The predicted octanol–water partition coefficient (Wildman–Crippen LogP) is 2.78. The molecule has 1 aliphatic heterocycles. The Balaban J connectivity index is 1.44. The molecule has 0 radical (unpaired) electrons. The van der Waals surface area contributed by atoms with Crippen LogP contribution in [0.2, 0.25) is 0 Å². The maximum Gasteiger partial charge on any atom is 0.123 e. The second-order valence-corrected chi connectivity index (χ2v) is 7.14. The van der Waals surface area contributed by atoms with E-state index >= 15 is 0 Å². The summed E-state index contributed by atoms with van der Waals surface area (Å²) in [6, 6.07) is 11.8. The summed E-state index contributed by atoms with van der Waals surface area (Å²) >= 11 is 0. The summed E-state index contributed by atoms with van der Waals surface area (Å²) < 4.78 is 11.6. The fraction of sp³-hybridized carbons (Fsp3) is 0.476. The van der Waals surface area contributed by atoms with E-state index in [9.17, 15) is 5.11 Å². The quantitative estimate of drug-likeness (QED) is 0.788. The fourth-order valence-corrected chi connectivity index (χ4v) is 3.35. The molecule has 0 bridgehead atoms. The molecule has 1 aromatic carbocycles. The minimum Gasteiger partial charge on any atom is -0.492 e. The predicted molar refractivity (Wildman–Crippen MR) is 102 cm³/mol. The molecule has 1 fully saturated rings. The van der Waals surface area contributed by atoms with Crippen LogP contribution >= 0.6 is 0 Å². The molecule has 5 heteroatoms. The maximum atomic E-state index is 10.3. The Hall–Kier alpha value is -2.11. The number of ether oxygens (including phenoxy) is 2. The van der Waals surface area contributed by atoms with Crippen molar-refractivity contribution in [3.05, 3.63) is 54.4 Å². The minimum absolute atomic E-state index is 0.147. The molecule has 0 spiro atoms. The summed E-state index contributed by atoms with van der Waals surface area (Å²) in [6.07, 6.45) is 4.36. The van der Waals surface area contributed by atoms with E-state index in [1.54, 1.807) is 12.4 Å². The summed E-state index contributed by atoms with van der Waals surface area (Å²) in [5.74, 6) is 1.91. The monoisotopic (exact) mass is 356 g/mol. The molecule has 0 saturated carbocycles. The third-order valence-electron chi connectivity index (χ3n) is 4.58. The second kappa shape index (κ2) is 9.01. The van der Waals surface area contributed by atoms with E-state index in [0.717, 1.165) is 31.0 Å². The standard InChI is InChI=1S/C21H28N2O3/c1-16(2)26-20-5-3-4-19(13-20)25-11-10-23-14-18(21(24)15-23)12-17-6-8-22-9-7-17/h3-9,13,16,18,21,24H,10-12,14-15H2,1-2H3/t18-,21-/m1/s1. The van der Waals surface area contributed by atoms with Crippen LogP contribution in [0.4, 0.5) is 0 Å². The summed E-state index contributed by atoms with van der Waals surface area (Å²) in [7, 11) is 0. The molecule has 3 rings (SSSR count). The second-order valence-electron chi connectivity index (χ2n) is 7.14. The lowest BCUT2D eigenvalue weighted by molar-refractivity contribution is 0.139. The summed E-state index contributed by atoms with van der Waals surface area (Å²) in [6.45, 7) is 7.02. The van der Waals surface area contributed by atoms with Gasteiger partial charge in [0.1, 0.15) is 18.1 Å². The molecule has 5 nitrogen and oxygen atoms in total. The van der Waals surface area contributed by atoms with Crippen molar-refractivity contribution < 1.29 is 14.6 Å². The summed E-state index contributed by atoms with van der Waals surface area (Å²) in [5.41, 5.74) is 1.23. The van der Waals surface area contributed by atoms with Crippen LogP contribution < -0.4 is 9.47 Å². The first-order chi connectivity index (χ1) is 12.6. The Labute approximate surface area is 155 Å². The van der Waals surface area contributed by atoms with E-state index < -0.39 is 0 Å². The van der Waals surface area contributed by atoms with Crippen molar-refractivity contribution in [2.45, 2.75) is 32.5 Å². The molecule has 140 valence electrons. The van der Waals surface area contributed by atoms with Crippen LogP contribution in [0.3, 0.4) is 0 Å². The normalized spacial score (nSPS) is 20.5. The third kappa shape index (κ3) is 5.44. The van der Waals surface area contributed by atoms with Gasteiger partial charge in [0.25, 0.3) is 0 Å². The number of aliphatic hydroxyl groups is 1. The number of pyridine rings is 1. The number of nitrogens with zero attached hydrogens (tertiary/aromatic N) is 2. The van der Waals surface area contributed by atoms with Crippen LogP contribution in [0.25, 0.3) is 0 Å². The number of likely N-dealkylation sites (tertiary alicyclic amines) is 1. The molecule has 1 aromatic heterocycles. The average molecular weight is 356 g/mol. The van der Waals surface area contributed by atoms with Crippen molar-refractivity contribution in [2.75, 3.05) is 26.2 Å². The van der Waals surface area contributed by atoms with Crippen molar-refractivity contribution >= 4 is 0 Å². The van der Waals surface area contributed by atoms with Crippen molar-refractivity contribution in [1.29, 1.82) is 0 Å². The van der Waals surface area contributed by atoms with Crippen molar-refractivity contribution in [3.63, 3.8) is 0 Å². The van der Waals surface area contributed by atoms with Gasteiger partial charge in [0, 0.05) is 44.0 Å². The van der Waals surface area contributed by atoms with Gasteiger partial charge in [-0.3, -0.25) is 9.88 Å². The first kappa shape index (κ1) is 18.7. The van der Waals surface area contributed by atoms with Crippen molar-refractivity contribution in [2.24, 2.45) is 5.92 Å². The lowest BCUT2D eigenvalue weighted by Gasteiger charge is -2.16. The summed E-state index contributed by atoms with van der Waals surface area (Å²) in [4.78, 5) is 6.32. The number of aromatic nitrogens is 1. The van der Waals surface area contributed by atoms with Crippen molar-refractivity contribution in [3.8, 4) is 11.5 Å². The molecule has 1 saturated heterocycles. The maximum absolute atomic E-state index is 10.3. The molecule has 2 atom stereocenters. The molecule has 1 aliphatic rings. The number of β-amino-alcohol motifs (C(OH)–C–C–N with tert-alkyl or cyclic N) is 1. The molecule has 2 aromatic rings. The highest BCUT2D eigenvalue weighted by atomic mass is 16.5. The molecule has 0 amide bonds. The Kier molecular flexibility index (Phi) is 6.47. The van der Waals surface area contributed by atoms with Crippen LogP contribution in [0.5, 0.6) is 11.5 Å². The van der Waals surface area contributed by atoms with E-state index in [1.165, 1.54) is 5.56 Å². The third-order valence-corrected chi connectivity index (χ3v) is 4.58. The first-order valence-corrected chi connectivity index (χ1v) is 9.29. The van der Waals surface area contributed by atoms with Gasteiger partial charge < -0.3 is 14.6 Å². The average Bonchev–Trinajstić information content (AvgIpc) is 2.95. The molecular formula is C21H28N2O3. The van der Waals surface area contributed by atoms with E-state index in [0.29, 0.717) is 13.2 Å². The number of hydrogen-bond acceptors (Lipinski definition) is 5. The van der Waals surface area contributed by atoms with Crippen LogP contribution in [-0.4, -0.2) is 53.4 Å². The largest absolute Gasteiger partial charge is 0.492 e. The zero-order chi connectivity index (χ0) is 18.4. The number of rotatable bonds is 8. The summed E-state index contributed by atoms with van der Waals surface area (Å²) in [5, 5.41) is 10.3. The van der Waals surface area contributed by atoms with E-state index in [4.69, 9.17) is 9.47 Å². The minimum atomic E-state index is -0.286. The van der Waals surface area contributed by atoms with E-state index in [-0.39, 0.29) is 18.1 Å². The van der Waals surface area contributed by atoms with Gasteiger partial charge in [0.15, 0.2) is 0 Å². The highest BCUT2D eigenvalue weighted by molar-refractivity contribution is 5.33. The van der Waals surface area contributed by atoms with Crippen LogP contribution in [0, 0.1) is 5.92 Å².